The van der Waals surface area contributed by atoms with Crippen LogP contribution < -0.4 is 15.5 Å². The molecule has 0 atom stereocenters. The van der Waals surface area contributed by atoms with Crippen molar-refractivity contribution in [3.63, 3.8) is 0 Å². The Balaban J connectivity index is 2.23. The largest absolute Gasteiger partial charge is 0.372 e. The van der Waals surface area contributed by atoms with Crippen LogP contribution in [-0.2, 0) is 9.59 Å². The lowest BCUT2D eigenvalue weighted by molar-refractivity contribution is -0.123. The van der Waals surface area contributed by atoms with Crippen LogP contribution in [0.2, 0.25) is 0 Å². The van der Waals surface area contributed by atoms with Gasteiger partial charge in [-0.05, 0) is 37.6 Å². The second kappa shape index (κ2) is 6.21. The lowest BCUT2D eigenvalue weighted by atomic mass is 10.1. The number of hydrogen-bond donors (Lipinski definition) is 2. The summed E-state index contributed by atoms with van der Waals surface area (Å²) >= 11 is 0. The molecule has 2 N–H and O–H groups in total. The Morgan fingerprint density at radius 2 is 1.48 bits per heavy atom. The highest BCUT2D eigenvalue weighted by atomic mass is 16.2. The first-order chi connectivity index (χ1) is 10.0. The van der Waals surface area contributed by atoms with Crippen molar-refractivity contribution in [2.75, 3.05) is 18.0 Å². The molecule has 110 valence electrons. The van der Waals surface area contributed by atoms with E-state index in [-0.39, 0.29) is 5.57 Å². The highest BCUT2D eigenvalue weighted by molar-refractivity contribution is 6.31. The third-order valence-electron chi connectivity index (χ3n) is 3.28. The lowest BCUT2D eigenvalue weighted by Crippen LogP contribution is -2.51. The van der Waals surface area contributed by atoms with Crippen LogP contribution >= 0.6 is 0 Å². The lowest BCUT2D eigenvalue weighted by Gasteiger charge is -2.21. The summed E-state index contributed by atoms with van der Waals surface area (Å²) in [6.07, 6.45) is 1.46. The van der Waals surface area contributed by atoms with E-state index in [2.05, 4.69) is 18.7 Å². The van der Waals surface area contributed by atoms with Crippen molar-refractivity contribution >= 4 is 29.6 Å². The summed E-state index contributed by atoms with van der Waals surface area (Å²) in [7, 11) is 0. The molecule has 1 fully saturated rings. The minimum Gasteiger partial charge on any atom is -0.372 e. The van der Waals surface area contributed by atoms with Crippen LogP contribution in [0.1, 0.15) is 19.4 Å². The third kappa shape index (κ3) is 3.28. The Hall–Kier alpha value is -2.63. The van der Waals surface area contributed by atoms with Gasteiger partial charge in [-0.25, -0.2) is 4.79 Å². The van der Waals surface area contributed by atoms with Gasteiger partial charge in [-0.2, -0.15) is 0 Å². The van der Waals surface area contributed by atoms with E-state index in [9.17, 15) is 14.4 Å². The summed E-state index contributed by atoms with van der Waals surface area (Å²) in [5.41, 5.74) is 1.72. The van der Waals surface area contributed by atoms with E-state index in [0.29, 0.717) is 0 Å². The van der Waals surface area contributed by atoms with Crippen molar-refractivity contribution in [1.29, 1.82) is 0 Å². The number of nitrogens with one attached hydrogen (secondary N) is 2. The van der Waals surface area contributed by atoms with Gasteiger partial charge in [-0.3, -0.25) is 20.2 Å². The fraction of sp³-hybridized carbons (Fsp3) is 0.267. The first-order valence-electron chi connectivity index (χ1n) is 6.78. The molecule has 2 rings (SSSR count). The predicted molar refractivity (Wildman–Crippen MR) is 79.7 cm³/mol. The van der Waals surface area contributed by atoms with Gasteiger partial charge < -0.3 is 4.90 Å². The number of urea groups is 1. The van der Waals surface area contributed by atoms with Gasteiger partial charge in [0.15, 0.2) is 0 Å². The summed E-state index contributed by atoms with van der Waals surface area (Å²) in [5, 5.41) is 4.08. The van der Waals surface area contributed by atoms with Gasteiger partial charge >= 0.3 is 6.03 Å². The summed E-state index contributed by atoms with van der Waals surface area (Å²) in [6, 6.07) is 6.74. The van der Waals surface area contributed by atoms with Crippen LogP contribution in [0.3, 0.4) is 0 Å². The zero-order valence-corrected chi connectivity index (χ0v) is 12.0. The van der Waals surface area contributed by atoms with E-state index in [0.717, 1.165) is 24.3 Å². The van der Waals surface area contributed by atoms with E-state index >= 15 is 0 Å². The van der Waals surface area contributed by atoms with Crippen LogP contribution in [0.25, 0.3) is 6.08 Å². The molecule has 6 nitrogen and oxygen atoms in total. The van der Waals surface area contributed by atoms with E-state index in [1.54, 1.807) is 0 Å². The number of hydrogen-bond acceptors (Lipinski definition) is 4. The zero-order valence-electron chi connectivity index (χ0n) is 12.0. The number of benzene rings is 1. The molecule has 1 aliphatic heterocycles. The van der Waals surface area contributed by atoms with Gasteiger partial charge in [0.05, 0.1) is 0 Å². The average Bonchev–Trinajstić information content (AvgIpc) is 2.45. The molecule has 0 saturated carbocycles. The molecule has 0 aromatic heterocycles. The van der Waals surface area contributed by atoms with Gasteiger partial charge in [0.1, 0.15) is 5.57 Å². The second-order valence-corrected chi connectivity index (χ2v) is 4.56. The minimum absolute atomic E-state index is 0.0785. The highest BCUT2D eigenvalue weighted by Gasteiger charge is 2.27. The van der Waals surface area contributed by atoms with Gasteiger partial charge in [0.25, 0.3) is 11.8 Å². The summed E-state index contributed by atoms with van der Waals surface area (Å²) in [5.74, 6) is -1.37. The van der Waals surface area contributed by atoms with E-state index in [1.807, 2.05) is 34.9 Å². The molecule has 4 amide bonds. The number of nitrogens with zero attached hydrogens (tertiary/aromatic N) is 1. The fourth-order valence-electron chi connectivity index (χ4n) is 2.14. The Morgan fingerprint density at radius 3 is 1.95 bits per heavy atom. The monoisotopic (exact) mass is 287 g/mol. The van der Waals surface area contributed by atoms with Crippen molar-refractivity contribution in [2.24, 2.45) is 0 Å². The Morgan fingerprint density at radius 1 is 0.952 bits per heavy atom. The summed E-state index contributed by atoms with van der Waals surface area (Å²) < 4.78 is 0. The number of amides is 4. The van der Waals surface area contributed by atoms with Crippen LogP contribution in [0.15, 0.2) is 29.8 Å². The zero-order chi connectivity index (χ0) is 15.4. The Kier molecular flexibility index (Phi) is 4.37. The standard InChI is InChI=1S/C15H17N3O3/c1-3-18(4-2)11-7-5-10(6-8-11)9-12-13(19)16-15(21)17-14(12)20/h5-9H,3-4H2,1-2H3,(H2,16,17,19,20,21). The number of carbonyl (C=O) groups excluding carboxylic acids is 3. The van der Waals surface area contributed by atoms with E-state index in [1.165, 1.54) is 6.08 Å². The SMILES string of the molecule is CCN(CC)c1ccc(C=C2C(=O)NC(=O)NC2=O)cc1. The number of anilines is 1. The molecule has 21 heavy (non-hydrogen) atoms. The average molecular weight is 287 g/mol. The number of carbonyl (C=O) groups is 3. The molecule has 0 spiro atoms. The fourth-order valence-corrected chi connectivity index (χ4v) is 2.14. The number of rotatable bonds is 4. The molecular formula is C15H17N3O3. The van der Waals surface area contributed by atoms with Crippen molar-refractivity contribution in [3.8, 4) is 0 Å². The normalized spacial score (nSPS) is 14.6. The maximum atomic E-state index is 11.6. The molecule has 0 bridgehead atoms. The van der Waals surface area contributed by atoms with Crippen LogP contribution in [0, 0.1) is 0 Å². The molecule has 1 aliphatic rings. The van der Waals surface area contributed by atoms with Gasteiger partial charge in [-0.15, -0.1) is 0 Å². The predicted octanol–water partition coefficient (Wildman–Crippen LogP) is 1.28. The van der Waals surface area contributed by atoms with E-state index in [4.69, 9.17) is 0 Å². The third-order valence-corrected chi connectivity index (χ3v) is 3.28. The first-order valence-corrected chi connectivity index (χ1v) is 6.78. The number of barbiturate groups is 1. The molecule has 1 heterocycles. The van der Waals surface area contributed by atoms with Crippen molar-refractivity contribution in [1.82, 2.24) is 10.6 Å². The second-order valence-electron chi connectivity index (χ2n) is 4.56. The Labute approximate surface area is 122 Å². The van der Waals surface area contributed by atoms with Crippen molar-refractivity contribution < 1.29 is 14.4 Å². The van der Waals surface area contributed by atoms with Crippen LogP contribution in [-0.4, -0.2) is 30.9 Å². The topological polar surface area (TPSA) is 78.5 Å². The van der Waals surface area contributed by atoms with Crippen molar-refractivity contribution in [3.05, 3.63) is 35.4 Å². The molecule has 1 aromatic carbocycles. The quantitative estimate of drug-likeness (QED) is 0.646. The highest BCUT2D eigenvalue weighted by Crippen LogP contribution is 2.17. The maximum Gasteiger partial charge on any atom is 0.328 e. The van der Waals surface area contributed by atoms with E-state index < -0.39 is 17.8 Å². The minimum atomic E-state index is -0.793. The smallest absolute Gasteiger partial charge is 0.328 e. The molecule has 1 saturated heterocycles. The maximum absolute atomic E-state index is 11.6. The van der Waals surface area contributed by atoms with Crippen molar-refractivity contribution in [2.45, 2.75) is 13.8 Å². The molecule has 0 unspecified atom stereocenters. The van der Waals surface area contributed by atoms with Crippen LogP contribution in [0.5, 0.6) is 0 Å². The Bertz CT molecular complexity index is 579. The summed E-state index contributed by atoms with van der Waals surface area (Å²) in [4.78, 5) is 36.4. The van der Waals surface area contributed by atoms with Crippen LogP contribution in [0.4, 0.5) is 10.5 Å². The number of imide groups is 2. The van der Waals surface area contributed by atoms with Gasteiger partial charge in [-0.1, -0.05) is 12.1 Å². The molecule has 0 aliphatic carbocycles. The molecule has 0 radical (unpaired) electrons. The summed E-state index contributed by atoms with van der Waals surface area (Å²) in [6.45, 7) is 5.97. The molecule has 1 aromatic rings. The molecule has 6 heteroatoms. The molecular weight excluding hydrogens is 270 g/mol. The van der Waals surface area contributed by atoms with Gasteiger partial charge in [0.2, 0.25) is 0 Å². The first kappa shape index (κ1) is 14.8. The van der Waals surface area contributed by atoms with Gasteiger partial charge in [0, 0.05) is 18.8 Å².